The molecule has 2 rings (SSSR count). The highest BCUT2D eigenvalue weighted by Crippen LogP contribution is 2.11. The van der Waals surface area contributed by atoms with E-state index < -0.39 is 0 Å². The average molecular weight is 266 g/mol. The largest absolute Gasteiger partial charge is 0.383 e. The number of aromatic nitrogens is 5. The zero-order valence-electron chi connectivity index (χ0n) is 7.29. The first kappa shape index (κ1) is 9.54. The predicted octanol–water partition coefficient (Wildman–Crippen LogP) is 0.274. The Kier molecular flexibility index (Phi) is 2.31. The van der Waals surface area contributed by atoms with Crippen LogP contribution in [0.3, 0.4) is 0 Å². The van der Waals surface area contributed by atoms with Gasteiger partial charge in [-0.1, -0.05) is 0 Å². The third kappa shape index (κ3) is 1.92. The molecule has 0 aliphatic heterocycles. The molecule has 0 spiro atoms. The Bertz CT molecular complexity index is 520. The van der Waals surface area contributed by atoms with E-state index >= 15 is 0 Å². The summed E-state index contributed by atoms with van der Waals surface area (Å²) in [6, 6.07) is 3.37. The average Bonchev–Trinajstić information content (AvgIpc) is 2.64. The van der Waals surface area contributed by atoms with Gasteiger partial charge in [-0.3, -0.25) is 0 Å². The predicted molar refractivity (Wildman–Crippen MR) is 53.8 cm³/mol. The lowest BCUT2D eigenvalue weighted by molar-refractivity contribution is 0.801. The van der Waals surface area contributed by atoms with Gasteiger partial charge in [0.25, 0.3) is 11.8 Å². The molecule has 0 saturated heterocycles. The Morgan fingerprint density at radius 3 is 2.87 bits per heavy atom. The Morgan fingerprint density at radius 2 is 2.27 bits per heavy atom. The maximum absolute atomic E-state index is 8.54. The van der Waals surface area contributed by atoms with Crippen molar-refractivity contribution in [3.05, 3.63) is 22.8 Å². The zero-order valence-corrected chi connectivity index (χ0v) is 8.88. The highest BCUT2D eigenvalue weighted by atomic mass is 79.9. The van der Waals surface area contributed by atoms with Crippen LogP contribution in [0, 0.1) is 11.3 Å². The molecule has 0 atom stereocenters. The van der Waals surface area contributed by atoms with Crippen molar-refractivity contribution in [2.75, 3.05) is 5.73 Å². The molecule has 0 fully saturated rings. The van der Waals surface area contributed by atoms with Crippen molar-refractivity contribution in [2.45, 2.75) is 0 Å². The fourth-order valence-corrected chi connectivity index (χ4v) is 1.33. The first-order chi connectivity index (χ1) is 7.19. The van der Waals surface area contributed by atoms with Crippen LogP contribution < -0.4 is 5.73 Å². The van der Waals surface area contributed by atoms with Crippen LogP contribution in [-0.2, 0) is 0 Å². The number of nitriles is 1. The van der Waals surface area contributed by atoms with Crippen molar-refractivity contribution >= 4 is 21.7 Å². The molecule has 2 N–H and O–H groups in total. The topological polar surface area (TPSA) is 106 Å². The van der Waals surface area contributed by atoms with E-state index in [1.54, 1.807) is 12.1 Å². The van der Waals surface area contributed by atoms with Crippen LogP contribution in [0.2, 0.25) is 0 Å². The Labute approximate surface area is 92.7 Å². The second-order valence-electron chi connectivity index (χ2n) is 2.54. The minimum Gasteiger partial charge on any atom is -0.383 e. The minimum atomic E-state index is 0.0529. The number of nitrogens with two attached hydrogens (primary N) is 1. The first-order valence-electron chi connectivity index (χ1n) is 3.81. The van der Waals surface area contributed by atoms with Crippen LogP contribution in [-0.4, -0.2) is 24.7 Å². The maximum atomic E-state index is 8.54. The maximum Gasteiger partial charge on any atom is 0.255 e. The van der Waals surface area contributed by atoms with Gasteiger partial charge < -0.3 is 5.73 Å². The fourth-order valence-electron chi connectivity index (χ4n) is 0.936. The van der Waals surface area contributed by atoms with Gasteiger partial charge in [0.05, 0.1) is 0 Å². The standard InChI is InChI=1S/C7H4BrN7/c8-4-1-5(10)13-7(12-4)15-3-11-6(2-9)14-15/h1,3H,(H2,10,12,13). The number of rotatable bonds is 1. The van der Waals surface area contributed by atoms with E-state index in [1.165, 1.54) is 11.0 Å². The number of nitrogen functional groups attached to an aromatic ring is 1. The molecule has 7 nitrogen and oxygen atoms in total. The smallest absolute Gasteiger partial charge is 0.255 e. The highest BCUT2D eigenvalue weighted by Gasteiger charge is 2.06. The Hall–Kier alpha value is -2.01. The van der Waals surface area contributed by atoms with Crippen molar-refractivity contribution in [3.8, 4) is 12.0 Å². The molecule has 0 radical (unpaired) electrons. The lowest BCUT2D eigenvalue weighted by atomic mass is 10.6. The molecule has 74 valence electrons. The van der Waals surface area contributed by atoms with E-state index in [1.807, 2.05) is 0 Å². The van der Waals surface area contributed by atoms with Crippen LogP contribution in [0.1, 0.15) is 5.82 Å². The van der Waals surface area contributed by atoms with Gasteiger partial charge in [0, 0.05) is 6.07 Å². The van der Waals surface area contributed by atoms with Crippen molar-refractivity contribution in [3.63, 3.8) is 0 Å². The molecule has 0 aromatic carbocycles. The van der Waals surface area contributed by atoms with Crippen LogP contribution in [0.25, 0.3) is 5.95 Å². The third-order valence-corrected chi connectivity index (χ3v) is 1.91. The summed E-state index contributed by atoms with van der Waals surface area (Å²) in [4.78, 5) is 11.7. The summed E-state index contributed by atoms with van der Waals surface area (Å²) < 4.78 is 1.82. The molecule has 0 unspecified atom stereocenters. The molecule has 0 bridgehead atoms. The second-order valence-corrected chi connectivity index (χ2v) is 3.35. The van der Waals surface area contributed by atoms with Gasteiger partial charge in [0.1, 0.15) is 22.8 Å². The van der Waals surface area contributed by atoms with E-state index in [9.17, 15) is 0 Å². The number of anilines is 1. The Balaban J connectivity index is 2.50. The van der Waals surface area contributed by atoms with Crippen molar-refractivity contribution in [1.82, 2.24) is 24.7 Å². The fraction of sp³-hybridized carbons (Fsp3) is 0. The molecule has 8 heteroatoms. The van der Waals surface area contributed by atoms with Gasteiger partial charge in [-0.15, -0.1) is 5.10 Å². The van der Waals surface area contributed by atoms with Crippen molar-refractivity contribution < 1.29 is 0 Å². The van der Waals surface area contributed by atoms with Crippen LogP contribution in [0.15, 0.2) is 17.0 Å². The molecule has 0 aliphatic carbocycles. The molecular weight excluding hydrogens is 262 g/mol. The summed E-state index contributed by atoms with van der Waals surface area (Å²) in [5, 5.41) is 12.4. The number of hydrogen-bond donors (Lipinski definition) is 1. The number of nitrogens with zero attached hydrogens (tertiary/aromatic N) is 6. The molecular formula is C7H4BrN7. The van der Waals surface area contributed by atoms with Crippen molar-refractivity contribution in [1.29, 1.82) is 5.26 Å². The summed E-state index contributed by atoms with van der Waals surface area (Å²) in [5.74, 6) is 0.619. The van der Waals surface area contributed by atoms with E-state index in [0.29, 0.717) is 10.4 Å². The summed E-state index contributed by atoms with van der Waals surface area (Å²) in [7, 11) is 0. The minimum absolute atomic E-state index is 0.0529. The van der Waals surface area contributed by atoms with E-state index in [2.05, 4.69) is 36.0 Å². The number of hydrogen-bond acceptors (Lipinski definition) is 6. The molecule has 2 aromatic rings. The monoisotopic (exact) mass is 265 g/mol. The van der Waals surface area contributed by atoms with E-state index in [0.717, 1.165) is 0 Å². The van der Waals surface area contributed by atoms with Gasteiger partial charge in [0.15, 0.2) is 0 Å². The van der Waals surface area contributed by atoms with E-state index in [-0.39, 0.29) is 11.8 Å². The van der Waals surface area contributed by atoms with Gasteiger partial charge >= 0.3 is 0 Å². The SMILES string of the molecule is N#Cc1ncn(-c2nc(N)cc(Br)n2)n1. The molecule has 15 heavy (non-hydrogen) atoms. The summed E-state index contributed by atoms with van der Waals surface area (Å²) in [5.41, 5.74) is 5.53. The summed E-state index contributed by atoms with van der Waals surface area (Å²) in [6.07, 6.45) is 1.35. The molecule has 2 aromatic heterocycles. The summed E-state index contributed by atoms with van der Waals surface area (Å²) in [6.45, 7) is 0. The molecule has 0 saturated carbocycles. The lowest BCUT2D eigenvalue weighted by Crippen LogP contribution is -2.04. The number of halogens is 1. The molecule has 0 amide bonds. The Morgan fingerprint density at radius 1 is 1.47 bits per heavy atom. The van der Waals surface area contributed by atoms with Crippen molar-refractivity contribution in [2.24, 2.45) is 0 Å². The lowest BCUT2D eigenvalue weighted by Gasteiger charge is -1.99. The molecule has 0 aliphatic rings. The van der Waals surface area contributed by atoms with Gasteiger partial charge in [-0.05, 0) is 15.9 Å². The van der Waals surface area contributed by atoms with Crippen LogP contribution in [0.4, 0.5) is 5.82 Å². The first-order valence-corrected chi connectivity index (χ1v) is 4.60. The summed E-state index contributed by atoms with van der Waals surface area (Å²) >= 11 is 3.18. The molecule has 2 heterocycles. The van der Waals surface area contributed by atoms with Gasteiger partial charge in [-0.2, -0.15) is 14.9 Å². The quantitative estimate of drug-likeness (QED) is 0.742. The van der Waals surface area contributed by atoms with E-state index in [4.69, 9.17) is 11.0 Å². The second kappa shape index (κ2) is 3.62. The zero-order chi connectivity index (χ0) is 10.8. The van der Waals surface area contributed by atoms with Gasteiger partial charge in [0.2, 0.25) is 0 Å². The van der Waals surface area contributed by atoms with Gasteiger partial charge in [-0.25, -0.2) is 9.97 Å². The third-order valence-electron chi connectivity index (χ3n) is 1.50. The van der Waals surface area contributed by atoms with Crippen LogP contribution >= 0.6 is 15.9 Å². The normalized spacial score (nSPS) is 9.87. The highest BCUT2D eigenvalue weighted by molar-refractivity contribution is 9.10. The van der Waals surface area contributed by atoms with Crippen LogP contribution in [0.5, 0.6) is 0 Å².